The molecular formula is C22H30F2N2O. The van der Waals surface area contributed by atoms with E-state index in [-0.39, 0.29) is 5.92 Å². The normalized spacial score (nSPS) is 25.4. The van der Waals surface area contributed by atoms with E-state index < -0.39 is 11.6 Å². The van der Waals surface area contributed by atoms with Crippen LogP contribution in [0.2, 0.25) is 0 Å². The summed E-state index contributed by atoms with van der Waals surface area (Å²) in [6.45, 7) is 4.18. The predicted octanol–water partition coefficient (Wildman–Crippen LogP) is 4.22. The van der Waals surface area contributed by atoms with Crippen molar-refractivity contribution in [3.8, 4) is 0 Å². The quantitative estimate of drug-likeness (QED) is 0.786. The summed E-state index contributed by atoms with van der Waals surface area (Å²) in [5, 5.41) is 0. The molecule has 1 aromatic carbocycles. The van der Waals surface area contributed by atoms with E-state index in [2.05, 4.69) is 9.80 Å². The zero-order valence-corrected chi connectivity index (χ0v) is 16.0. The SMILES string of the molecule is O=C(C1CCCC1)N1CC[C@H](C2CCN(Cc3cccc(F)c3F)CC2)C1. The minimum atomic E-state index is -0.764. The lowest BCUT2D eigenvalue weighted by atomic mass is 9.83. The Kier molecular flexibility index (Phi) is 5.76. The Morgan fingerprint density at radius 3 is 2.41 bits per heavy atom. The number of hydrogen-bond donors (Lipinski definition) is 0. The Labute approximate surface area is 160 Å². The molecule has 1 aliphatic carbocycles. The van der Waals surface area contributed by atoms with Crippen molar-refractivity contribution < 1.29 is 13.6 Å². The first-order valence-corrected chi connectivity index (χ1v) is 10.6. The summed E-state index contributed by atoms with van der Waals surface area (Å²) in [5.74, 6) is 0.473. The highest BCUT2D eigenvalue weighted by atomic mass is 19.2. The fourth-order valence-electron chi connectivity index (χ4n) is 5.30. The Bertz CT molecular complexity index is 666. The van der Waals surface area contributed by atoms with Crippen molar-refractivity contribution in [2.75, 3.05) is 26.2 Å². The van der Waals surface area contributed by atoms with Gasteiger partial charge in [-0.3, -0.25) is 9.69 Å². The summed E-state index contributed by atoms with van der Waals surface area (Å²) in [4.78, 5) is 17.0. The predicted molar refractivity (Wildman–Crippen MR) is 101 cm³/mol. The van der Waals surface area contributed by atoms with Crippen LogP contribution in [-0.2, 0) is 11.3 Å². The molecule has 148 valence electrons. The molecule has 3 fully saturated rings. The number of benzene rings is 1. The molecule has 3 aliphatic rings. The molecule has 5 heteroatoms. The Balaban J connectivity index is 1.26. The van der Waals surface area contributed by atoms with Gasteiger partial charge in [-0.05, 0) is 63.1 Å². The molecule has 2 heterocycles. The van der Waals surface area contributed by atoms with Crippen LogP contribution >= 0.6 is 0 Å². The van der Waals surface area contributed by atoms with Crippen LogP contribution in [0.25, 0.3) is 0 Å². The summed E-state index contributed by atoms with van der Waals surface area (Å²) >= 11 is 0. The minimum absolute atomic E-state index is 0.284. The van der Waals surface area contributed by atoms with Crippen molar-refractivity contribution in [2.45, 2.75) is 51.5 Å². The van der Waals surface area contributed by atoms with E-state index in [1.165, 1.54) is 18.9 Å². The van der Waals surface area contributed by atoms with Gasteiger partial charge in [-0.25, -0.2) is 8.78 Å². The van der Waals surface area contributed by atoms with E-state index in [4.69, 9.17) is 0 Å². The van der Waals surface area contributed by atoms with E-state index in [0.717, 1.165) is 58.3 Å². The van der Waals surface area contributed by atoms with E-state index in [1.807, 2.05) is 0 Å². The highest BCUT2D eigenvalue weighted by molar-refractivity contribution is 5.79. The molecule has 27 heavy (non-hydrogen) atoms. The van der Waals surface area contributed by atoms with Crippen molar-refractivity contribution in [3.05, 3.63) is 35.4 Å². The van der Waals surface area contributed by atoms with Crippen LogP contribution in [-0.4, -0.2) is 41.9 Å². The first-order chi connectivity index (χ1) is 13.1. The zero-order chi connectivity index (χ0) is 18.8. The molecule has 1 amide bonds. The van der Waals surface area contributed by atoms with Crippen molar-refractivity contribution in [1.82, 2.24) is 9.80 Å². The monoisotopic (exact) mass is 376 g/mol. The number of likely N-dealkylation sites (tertiary alicyclic amines) is 2. The minimum Gasteiger partial charge on any atom is -0.342 e. The summed E-state index contributed by atoms with van der Waals surface area (Å²) in [5.41, 5.74) is 0.447. The number of piperidine rings is 1. The smallest absolute Gasteiger partial charge is 0.225 e. The largest absolute Gasteiger partial charge is 0.342 e. The van der Waals surface area contributed by atoms with Gasteiger partial charge in [0.05, 0.1) is 0 Å². The number of carbonyl (C=O) groups is 1. The lowest BCUT2D eigenvalue weighted by molar-refractivity contribution is -0.134. The molecule has 0 spiro atoms. The molecular weight excluding hydrogens is 346 g/mol. The zero-order valence-electron chi connectivity index (χ0n) is 16.0. The van der Waals surface area contributed by atoms with Crippen molar-refractivity contribution in [3.63, 3.8) is 0 Å². The number of amides is 1. The first-order valence-electron chi connectivity index (χ1n) is 10.6. The molecule has 2 aliphatic heterocycles. The van der Waals surface area contributed by atoms with Gasteiger partial charge in [0, 0.05) is 31.1 Å². The van der Waals surface area contributed by atoms with Gasteiger partial charge in [-0.15, -0.1) is 0 Å². The molecule has 1 saturated carbocycles. The molecule has 3 nitrogen and oxygen atoms in total. The van der Waals surface area contributed by atoms with Crippen LogP contribution in [0.3, 0.4) is 0 Å². The van der Waals surface area contributed by atoms with Crippen molar-refractivity contribution in [2.24, 2.45) is 17.8 Å². The highest BCUT2D eigenvalue weighted by Gasteiger charge is 2.36. The number of carbonyl (C=O) groups excluding carboxylic acids is 1. The standard InChI is InChI=1S/C22H30F2N2O/c23-20-7-3-6-19(21(20)24)14-25-11-8-16(9-12-25)18-10-13-26(15-18)22(27)17-4-1-2-5-17/h3,6-7,16-18H,1-2,4-5,8-15H2/t18-/m0/s1. The van der Waals surface area contributed by atoms with E-state index in [1.54, 1.807) is 12.1 Å². The maximum absolute atomic E-state index is 13.9. The number of halogens is 2. The lowest BCUT2D eigenvalue weighted by Crippen LogP contribution is -2.38. The second-order valence-electron chi connectivity index (χ2n) is 8.64. The highest BCUT2D eigenvalue weighted by Crippen LogP contribution is 2.34. The fourth-order valence-corrected chi connectivity index (χ4v) is 5.30. The third-order valence-corrected chi connectivity index (χ3v) is 6.97. The molecule has 0 N–H and O–H groups in total. The van der Waals surface area contributed by atoms with E-state index in [0.29, 0.717) is 29.9 Å². The third kappa shape index (κ3) is 4.18. The van der Waals surface area contributed by atoms with Crippen LogP contribution < -0.4 is 0 Å². The number of rotatable bonds is 4. The van der Waals surface area contributed by atoms with Gasteiger partial charge in [-0.2, -0.15) is 0 Å². The van der Waals surface area contributed by atoms with Crippen LogP contribution in [0.5, 0.6) is 0 Å². The maximum Gasteiger partial charge on any atom is 0.225 e. The van der Waals surface area contributed by atoms with Gasteiger partial charge in [0.2, 0.25) is 5.91 Å². The summed E-state index contributed by atoms with van der Waals surface area (Å²) in [6.07, 6.45) is 7.88. The van der Waals surface area contributed by atoms with Crippen LogP contribution in [0, 0.1) is 29.4 Å². The summed E-state index contributed by atoms with van der Waals surface area (Å²) < 4.78 is 27.3. The van der Waals surface area contributed by atoms with Crippen molar-refractivity contribution >= 4 is 5.91 Å². The van der Waals surface area contributed by atoms with Gasteiger partial charge in [0.25, 0.3) is 0 Å². The van der Waals surface area contributed by atoms with Gasteiger partial charge < -0.3 is 4.90 Å². The average Bonchev–Trinajstić information content (AvgIpc) is 3.38. The second-order valence-corrected chi connectivity index (χ2v) is 8.64. The average molecular weight is 376 g/mol. The first kappa shape index (κ1) is 18.9. The molecule has 4 rings (SSSR count). The maximum atomic E-state index is 13.9. The third-order valence-electron chi connectivity index (χ3n) is 6.97. The van der Waals surface area contributed by atoms with E-state index >= 15 is 0 Å². The lowest BCUT2D eigenvalue weighted by Gasteiger charge is -2.35. The molecule has 1 atom stereocenters. The summed E-state index contributed by atoms with van der Waals surface area (Å²) in [6, 6.07) is 4.42. The van der Waals surface area contributed by atoms with Gasteiger partial charge in [-0.1, -0.05) is 25.0 Å². The molecule has 2 saturated heterocycles. The fraction of sp³-hybridized carbons (Fsp3) is 0.682. The Morgan fingerprint density at radius 2 is 1.67 bits per heavy atom. The van der Waals surface area contributed by atoms with Gasteiger partial charge in [0.1, 0.15) is 0 Å². The Morgan fingerprint density at radius 1 is 0.963 bits per heavy atom. The van der Waals surface area contributed by atoms with Crippen LogP contribution in [0.15, 0.2) is 18.2 Å². The van der Waals surface area contributed by atoms with E-state index in [9.17, 15) is 13.6 Å². The number of hydrogen-bond acceptors (Lipinski definition) is 2. The molecule has 0 unspecified atom stereocenters. The van der Waals surface area contributed by atoms with Gasteiger partial charge >= 0.3 is 0 Å². The van der Waals surface area contributed by atoms with Gasteiger partial charge in [0.15, 0.2) is 11.6 Å². The van der Waals surface area contributed by atoms with Crippen molar-refractivity contribution in [1.29, 1.82) is 0 Å². The molecule has 0 radical (unpaired) electrons. The molecule has 1 aromatic rings. The molecule has 0 aromatic heterocycles. The van der Waals surface area contributed by atoms with Crippen LogP contribution in [0.4, 0.5) is 8.78 Å². The summed E-state index contributed by atoms with van der Waals surface area (Å²) in [7, 11) is 0. The molecule has 0 bridgehead atoms. The topological polar surface area (TPSA) is 23.6 Å². The second kappa shape index (κ2) is 8.26. The van der Waals surface area contributed by atoms with Crippen LogP contribution in [0.1, 0.15) is 50.5 Å². The number of nitrogens with zero attached hydrogens (tertiary/aromatic N) is 2. The Hall–Kier alpha value is -1.49.